The van der Waals surface area contributed by atoms with Gasteiger partial charge in [0.15, 0.2) is 6.10 Å². The first kappa shape index (κ1) is 12.5. The molecule has 0 aliphatic heterocycles. The summed E-state index contributed by atoms with van der Waals surface area (Å²) in [6.07, 6.45) is 0.236. The second kappa shape index (κ2) is 5.56. The van der Waals surface area contributed by atoms with Crippen molar-refractivity contribution in [1.29, 1.82) is 0 Å². The van der Waals surface area contributed by atoms with E-state index in [0.29, 0.717) is 0 Å². The number of benzene rings is 2. The Kier molecular flexibility index (Phi) is 3.85. The highest BCUT2D eigenvalue weighted by atomic mass is 16.5. The van der Waals surface area contributed by atoms with Gasteiger partial charge in [-0.15, -0.1) is 0 Å². The van der Waals surface area contributed by atoms with Crippen LogP contribution in [0.1, 0.15) is 11.1 Å². The fourth-order valence-electron chi connectivity index (χ4n) is 1.66. The second-order valence-corrected chi connectivity index (χ2v) is 3.81. The average molecular weight is 243 g/mol. The Morgan fingerprint density at radius 1 is 0.722 bits per heavy atom. The van der Waals surface area contributed by atoms with E-state index in [2.05, 4.69) is 0 Å². The fraction of sp³-hybridized carbons (Fsp3) is 0.133. The van der Waals surface area contributed by atoms with E-state index in [1.165, 1.54) is 0 Å². The van der Waals surface area contributed by atoms with E-state index in [4.69, 9.17) is 9.47 Å². The van der Waals surface area contributed by atoms with Crippen molar-refractivity contribution in [2.45, 2.75) is 0 Å². The van der Waals surface area contributed by atoms with Crippen molar-refractivity contribution in [2.75, 3.05) is 14.2 Å². The summed E-state index contributed by atoms with van der Waals surface area (Å²) < 4.78 is 10.2. The van der Waals surface area contributed by atoms with Gasteiger partial charge < -0.3 is 14.6 Å². The van der Waals surface area contributed by atoms with E-state index >= 15 is 0 Å². The molecule has 0 amide bonds. The molecule has 93 valence electrons. The van der Waals surface area contributed by atoms with Crippen molar-refractivity contribution in [3.8, 4) is 11.5 Å². The first-order chi connectivity index (χ1) is 8.74. The molecule has 1 N–H and O–H groups in total. The summed E-state index contributed by atoms with van der Waals surface area (Å²) >= 11 is 0. The normalized spacial score (nSPS) is 10.4. The summed E-state index contributed by atoms with van der Waals surface area (Å²) in [6, 6.07) is 14.5. The molecule has 0 saturated carbocycles. The quantitative estimate of drug-likeness (QED) is 0.897. The number of hydrogen-bond acceptors (Lipinski definition) is 3. The van der Waals surface area contributed by atoms with E-state index in [9.17, 15) is 5.11 Å². The van der Waals surface area contributed by atoms with Gasteiger partial charge in [-0.2, -0.15) is 0 Å². The van der Waals surface area contributed by atoms with E-state index in [-0.39, 0.29) is 6.10 Å². The van der Waals surface area contributed by atoms with E-state index < -0.39 is 0 Å². The van der Waals surface area contributed by atoms with Gasteiger partial charge in [-0.3, -0.25) is 0 Å². The zero-order valence-electron chi connectivity index (χ0n) is 10.4. The Morgan fingerprint density at radius 2 is 1.06 bits per heavy atom. The van der Waals surface area contributed by atoms with Gasteiger partial charge in [-0.05, 0) is 35.4 Å². The van der Waals surface area contributed by atoms with Gasteiger partial charge in [0, 0.05) is 0 Å². The topological polar surface area (TPSA) is 38.7 Å². The van der Waals surface area contributed by atoms with Crippen LogP contribution in [0, 0.1) is 6.10 Å². The largest absolute Gasteiger partial charge is 0.497 e. The molecule has 0 spiro atoms. The summed E-state index contributed by atoms with van der Waals surface area (Å²) in [7, 11) is 3.23. The fourth-order valence-corrected chi connectivity index (χ4v) is 1.66. The molecule has 0 unspecified atom stereocenters. The summed E-state index contributed by atoms with van der Waals surface area (Å²) in [6.45, 7) is 0. The van der Waals surface area contributed by atoms with Crippen LogP contribution >= 0.6 is 0 Å². The number of hydrogen-bond donors (Lipinski definition) is 1. The predicted octanol–water partition coefficient (Wildman–Crippen LogP) is 3.00. The average Bonchev–Trinajstić information content (AvgIpc) is 2.47. The molecular weight excluding hydrogens is 228 g/mol. The van der Waals surface area contributed by atoms with Crippen LogP contribution in [0.15, 0.2) is 48.5 Å². The van der Waals surface area contributed by atoms with Crippen LogP contribution in [-0.2, 0) is 0 Å². The highest BCUT2D eigenvalue weighted by Crippen LogP contribution is 2.24. The molecule has 0 heterocycles. The lowest BCUT2D eigenvalue weighted by Crippen LogP contribution is -2.00. The smallest absolute Gasteiger partial charge is 0.152 e. The van der Waals surface area contributed by atoms with Crippen molar-refractivity contribution in [1.82, 2.24) is 0 Å². The molecule has 1 radical (unpaired) electrons. The number of ether oxygens (including phenoxy) is 2. The summed E-state index contributed by atoms with van der Waals surface area (Å²) in [5, 5.41) is 10.2. The summed E-state index contributed by atoms with van der Waals surface area (Å²) in [5.41, 5.74) is 1.50. The Hall–Kier alpha value is -2.00. The van der Waals surface area contributed by atoms with Gasteiger partial charge in [0.1, 0.15) is 11.5 Å². The van der Waals surface area contributed by atoms with Crippen LogP contribution in [0.25, 0.3) is 0 Å². The second-order valence-electron chi connectivity index (χ2n) is 3.81. The van der Waals surface area contributed by atoms with Gasteiger partial charge in [0.25, 0.3) is 0 Å². The molecule has 3 nitrogen and oxygen atoms in total. The minimum Gasteiger partial charge on any atom is -0.497 e. The van der Waals surface area contributed by atoms with Crippen molar-refractivity contribution in [3.05, 3.63) is 65.8 Å². The van der Waals surface area contributed by atoms with Crippen LogP contribution in [0.5, 0.6) is 11.5 Å². The molecule has 0 fully saturated rings. The Labute approximate surface area is 107 Å². The van der Waals surface area contributed by atoms with E-state index in [1.54, 1.807) is 14.2 Å². The van der Waals surface area contributed by atoms with Crippen LogP contribution < -0.4 is 9.47 Å². The molecule has 0 atom stereocenters. The maximum absolute atomic E-state index is 10.2. The van der Waals surface area contributed by atoms with Crippen molar-refractivity contribution in [2.24, 2.45) is 0 Å². The molecule has 18 heavy (non-hydrogen) atoms. The lowest BCUT2D eigenvalue weighted by Gasteiger charge is -2.11. The lowest BCUT2D eigenvalue weighted by molar-refractivity contribution is 0.355. The van der Waals surface area contributed by atoms with Gasteiger partial charge in [-0.25, -0.2) is 0 Å². The van der Waals surface area contributed by atoms with Crippen LogP contribution in [0.3, 0.4) is 0 Å². The Bertz CT molecular complexity index is 441. The number of aliphatic hydroxyl groups is 1. The maximum atomic E-state index is 10.2. The van der Waals surface area contributed by atoms with Gasteiger partial charge in [0.2, 0.25) is 0 Å². The van der Waals surface area contributed by atoms with E-state index in [1.807, 2.05) is 48.5 Å². The maximum Gasteiger partial charge on any atom is 0.152 e. The molecule has 2 aromatic carbocycles. The van der Waals surface area contributed by atoms with Crippen molar-refractivity contribution >= 4 is 0 Å². The SMILES string of the molecule is COc1ccc([C](O)c2ccc(OC)cc2)cc1. The Balaban J connectivity index is 2.20. The van der Waals surface area contributed by atoms with Crippen LogP contribution in [0.4, 0.5) is 0 Å². The first-order valence-electron chi connectivity index (χ1n) is 5.59. The van der Waals surface area contributed by atoms with Gasteiger partial charge in [-0.1, -0.05) is 24.3 Å². The summed E-state index contributed by atoms with van der Waals surface area (Å²) in [4.78, 5) is 0. The lowest BCUT2D eigenvalue weighted by atomic mass is 10.0. The molecule has 0 aliphatic carbocycles. The zero-order valence-corrected chi connectivity index (χ0v) is 10.4. The highest BCUT2D eigenvalue weighted by molar-refractivity contribution is 5.44. The molecule has 0 bridgehead atoms. The number of aliphatic hydroxyl groups excluding tert-OH is 1. The molecule has 0 aliphatic rings. The molecule has 2 rings (SSSR count). The molecule has 0 aromatic heterocycles. The van der Waals surface area contributed by atoms with Gasteiger partial charge >= 0.3 is 0 Å². The molecular formula is C15H15O3. The predicted molar refractivity (Wildman–Crippen MR) is 69.4 cm³/mol. The zero-order chi connectivity index (χ0) is 13.0. The van der Waals surface area contributed by atoms with Crippen molar-refractivity contribution < 1.29 is 14.6 Å². The van der Waals surface area contributed by atoms with E-state index in [0.717, 1.165) is 22.6 Å². The summed E-state index contributed by atoms with van der Waals surface area (Å²) in [5.74, 6) is 1.53. The third-order valence-electron chi connectivity index (χ3n) is 2.73. The first-order valence-corrected chi connectivity index (χ1v) is 5.59. The third kappa shape index (κ3) is 2.63. The monoisotopic (exact) mass is 243 g/mol. The minimum absolute atomic E-state index is 0.236. The van der Waals surface area contributed by atoms with Crippen LogP contribution in [-0.4, -0.2) is 19.3 Å². The van der Waals surface area contributed by atoms with Gasteiger partial charge in [0.05, 0.1) is 14.2 Å². The van der Waals surface area contributed by atoms with Crippen LogP contribution in [0.2, 0.25) is 0 Å². The minimum atomic E-state index is 0.236. The molecule has 3 heteroatoms. The number of methoxy groups -OCH3 is 2. The number of rotatable bonds is 4. The molecule has 2 aromatic rings. The highest BCUT2D eigenvalue weighted by Gasteiger charge is 2.11. The standard InChI is InChI=1S/C15H15O3/c1-17-13-7-3-11(4-8-13)15(16)12-5-9-14(18-2)10-6-12/h3-10,16H,1-2H3. The van der Waals surface area contributed by atoms with Crippen molar-refractivity contribution in [3.63, 3.8) is 0 Å². The third-order valence-corrected chi connectivity index (χ3v) is 2.73. The Morgan fingerprint density at radius 3 is 1.33 bits per heavy atom. The molecule has 0 saturated heterocycles.